The molecule has 1 saturated carbocycles. The summed E-state index contributed by atoms with van der Waals surface area (Å²) in [5.74, 6) is 1.59. The first-order valence-corrected chi connectivity index (χ1v) is 8.87. The topological polar surface area (TPSA) is 58.8 Å². The highest BCUT2D eigenvalue weighted by molar-refractivity contribution is 5.78. The quantitative estimate of drug-likeness (QED) is 0.738. The van der Waals surface area contributed by atoms with Crippen LogP contribution in [0.1, 0.15) is 32.1 Å². The summed E-state index contributed by atoms with van der Waals surface area (Å²) in [6, 6.07) is 11.9. The summed E-state index contributed by atoms with van der Waals surface area (Å²) in [4.78, 5) is 4.79. The van der Waals surface area contributed by atoms with Crippen molar-refractivity contribution >= 4 is 11.5 Å². The number of imidazole rings is 1. The van der Waals surface area contributed by atoms with Crippen molar-refractivity contribution in [1.29, 1.82) is 0 Å². The van der Waals surface area contributed by atoms with Crippen LogP contribution in [-0.2, 0) is 0 Å². The lowest BCUT2D eigenvalue weighted by Crippen LogP contribution is -2.23. The molecule has 2 heterocycles. The van der Waals surface area contributed by atoms with Crippen molar-refractivity contribution in [3.8, 4) is 22.8 Å². The number of anilines is 1. The highest BCUT2D eigenvalue weighted by atomic mass is 16.5. The Hall–Kier alpha value is -2.69. The molecule has 5 heteroatoms. The fourth-order valence-electron chi connectivity index (χ4n) is 3.61. The van der Waals surface area contributed by atoms with E-state index in [1.807, 2.05) is 30.5 Å². The Balaban J connectivity index is 1.79. The van der Waals surface area contributed by atoms with Gasteiger partial charge < -0.3 is 15.2 Å². The van der Waals surface area contributed by atoms with E-state index < -0.39 is 0 Å². The lowest BCUT2D eigenvalue weighted by molar-refractivity contribution is 0.373. The Labute approximate surface area is 147 Å². The summed E-state index contributed by atoms with van der Waals surface area (Å²) in [6.45, 7) is 0. The number of phenolic OH excluding ortho intramolecular Hbond substituents is 1. The van der Waals surface area contributed by atoms with Gasteiger partial charge in [-0.15, -0.1) is 0 Å². The monoisotopic (exact) mass is 337 g/mol. The van der Waals surface area contributed by atoms with E-state index in [4.69, 9.17) is 9.72 Å². The lowest BCUT2D eigenvalue weighted by atomic mass is 9.95. The maximum atomic E-state index is 10.2. The summed E-state index contributed by atoms with van der Waals surface area (Å²) in [7, 11) is 1.55. The van der Waals surface area contributed by atoms with Gasteiger partial charge in [-0.25, -0.2) is 4.98 Å². The average molecular weight is 337 g/mol. The molecule has 0 amide bonds. The summed E-state index contributed by atoms with van der Waals surface area (Å²) < 4.78 is 7.24. The lowest BCUT2D eigenvalue weighted by Gasteiger charge is -2.24. The Morgan fingerprint density at radius 1 is 1.16 bits per heavy atom. The number of fused-ring (bicyclic) bond motifs is 1. The average Bonchev–Trinajstić information content (AvgIpc) is 3.01. The molecular weight excluding hydrogens is 314 g/mol. The van der Waals surface area contributed by atoms with Crippen LogP contribution in [0.2, 0.25) is 0 Å². The Morgan fingerprint density at radius 2 is 2.00 bits per heavy atom. The van der Waals surface area contributed by atoms with Crippen LogP contribution in [0.3, 0.4) is 0 Å². The molecule has 2 aromatic heterocycles. The Bertz CT molecular complexity index is 882. The first-order valence-electron chi connectivity index (χ1n) is 8.87. The van der Waals surface area contributed by atoms with Crippen LogP contribution in [0.4, 0.5) is 5.82 Å². The maximum absolute atomic E-state index is 10.2. The molecule has 0 spiro atoms. The third-order valence-electron chi connectivity index (χ3n) is 4.93. The molecule has 3 aromatic rings. The third kappa shape index (κ3) is 3.02. The Kier molecular flexibility index (Phi) is 4.22. The molecule has 0 atom stereocenters. The van der Waals surface area contributed by atoms with E-state index in [2.05, 4.69) is 9.72 Å². The molecular formula is C20H23N3O2. The van der Waals surface area contributed by atoms with E-state index >= 15 is 0 Å². The fourth-order valence-corrected chi connectivity index (χ4v) is 3.61. The van der Waals surface area contributed by atoms with Gasteiger partial charge in [0.15, 0.2) is 11.5 Å². The van der Waals surface area contributed by atoms with Crippen molar-refractivity contribution in [2.75, 3.05) is 12.4 Å². The van der Waals surface area contributed by atoms with Crippen LogP contribution < -0.4 is 10.1 Å². The molecule has 25 heavy (non-hydrogen) atoms. The molecule has 1 aliphatic rings. The first-order chi connectivity index (χ1) is 12.3. The number of nitrogens with zero attached hydrogens (tertiary/aromatic N) is 2. The smallest absolute Gasteiger partial charge is 0.160 e. The number of phenols is 1. The zero-order chi connectivity index (χ0) is 17.2. The minimum absolute atomic E-state index is 0.126. The van der Waals surface area contributed by atoms with Crippen LogP contribution in [0.5, 0.6) is 11.5 Å². The van der Waals surface area contributed by atoms with Gasteiger partial charge >= 0.3 is 0 Å². The van der Waals surface area contributed by atoms with Gasteiger partial charge in [0.2, 0.25) is 0 Å². The predicted molar refractivity (Wildman–Crippen MR) is 99.3 cm³/mol. The second-order valence-electron chi connectivity index (χ2n) is 6.60. The molecule has 130 valence electrons. The molecule has 1 fully saturated rings. The molecule has 1 aliphatic carbocycles. The number of aromatic hydroxyl groups is 1. The molecule has 0 unspecified atom stereocenters. The normalized spacial score (nSPS) is 15.4. The number of rotatable bonds is 4. The van der Waals surface area contributed by atoms with Crippen molar-refractivity contribution < 1.29 is 9.84 Å². The number of pyridine rings is 1. The number of nitrogens with one attached hydrogen (secondary N) is 1. The van der Waals surface area contributed by atoms with Gasteiger partial charge in [-0.05, 0) is 43.2 Å². The second-order valence-corrected chi connectivity index (χ2v) is 6.60. The second kappa shape index (κ2) is 6.67. The van der Waals surface area contributed by atoms with E-state index in [9.17, 15) is 5.11 Å². The van der Waals surface area contributed by atoms with Gasteiger partial charge in [-0.1, -0.05) is 25.3 Å². The summed E-state index contributed by atoms with van der Waals surface area (Å²) in [5, 5.41) is 13.9. The van der Waals surface area contributed by atoms with Gasteiger partial charge in [-0.3, -0.25) is 4.40 Å². The van der Waals surface area contributed by atoms with Gasteiger partial charge in [0.25, 0.3) is 0 Å². The maximum Gasteiger partial charge on any atom is 0.160 e. The highest BCUT2D eigenvalue weighted by Crippen LogP contribution is 2.36. The minimum atomic E-state index is 0.126. The Morgan fingerprint density at radius 3 is 2.76 bits per heavy atom. The molecule has 5 nitrogen and oxygen atoms in total. The van der Waals surface area contributed by atoms with Gasteiger partial charge in [0.05, 0.1) is 7.11 Å². The highest BCUT2D eigenvalue weighted by Gasteiger charge is 2.20. The largest absolute Gasteiger partial charge is 0.504 e. The standard InChI is InChI=1S/C20H23N3O2/c1-25-17-11-10-14(13-16(17)24)19-20(21-15-7-3-2-4-8-15)23-12-6-5-9-18(23)22-19/h5-6,9-13,15,21,24H,2-4,7-8H2,1H3. The van der Waals surface area contributed by atoms with Crippen molar-refractivity contribution in [2.45, 2.75) is 38.1 Å². The molecule has 0 radical (unpaired) electrons. The van der Waals surface area contributed by atoms with Crippen molar-refractivity contribution in [3.05, 3.63) is 42.6 Å². The summed E-state index contributed by atoms with van der Waals surface area (Å²) in [6.07, 6.45) is 8.27. The van der Waals surface area contributed by atoms with Gasteiger partial charge in [-0.2, -0.15) is 0 Å². The molecule has 0 bridgehead atoms. The number of ether oxygens (including phenoxy) is 1. The molecule has 2 N–H and O–H groups in total. The van der Waals surface area contributed by atoms with Gasteiger partial charge in [0.1, 0.15) is 17.2 Å². The van der Waals surface area contributed by atoms with E-state index in [0.717, 1.165) is 22.7 Å². The number of methoxy groups -OCH3 is 1. The van der Waals surface area contributed by atoms with Crippen LogP contribution in [0.15, 0.2) is 42.6 Å². The first kappa shape index (κ1) is 15.8. The predicted octanol–water partition coefficient (Wildman–Crippen LogP) is 4.46. The number of hydrogen-bond acceptors (Lipinski definition) is 4. The van der Waals surface area contributed by atoms with E-state index in [1.54, 1.807) is 19.2 Å². The van der Waals surface area contributed by atoms with E-state index in [1.165, 1.54) is 32.1 Å². The van der Waals surface area contributed by atoms with Crippen LogP contribution in [0.25, 0.3) is 16.9 Å². The van der Waals surface area contributed by atoms with Crippen LogP contribution >= 0.6 is 0 Å². The van der Waals surface area contributed by atoms with E-state index in [0.29, 0.717) is 11.8 Å². The molecule has 0 aliphatic heterocycles. The number of benzene rings is 1. The SMILES string of the molecule is COc1ccc(-c2nc3ccccn3c2NC2CCCCC2)cc1O. The van der Waals surface area contributed by atoms with Crippen molar-refractivity contribution in [3.63, 3.8) is 0 Å². The van der Waals surface area contributed by atoms with Crippen molar-refractivity contribution in [1.82, 2.24) is 9.38 Å². The van der Waals surface area contributed by atoms with Crippen LogP contribution in [0, 0.1) is 0 Å². The molecule has 4 rings (SSSR count). The summed E-state index contributed by atoms with van der Waals surface area (Å²) in [5.41, 5.74) is 2.63. The number of aromatic nitrogens is 2. The third-order valence-corrected chi connectivity index (χ3v) is 4.93. The van der Waals surface area contributed by atoms with Gasteiger partial charge in [0, 0.05) is 17.8 Å². The fraction of sp³-hybridized carbons (Fsp3) is 0.350. The van der Waals surface area contributed by atoms with Crippen LogP contribution in [-0.4, -0.2) is 27.6 Å². The molecule has 1 aromatic carbocycles. The number of hydrogen-bond donors (Lipinski definition) is 2. The summed E-state index contributed by atoms with van der Waals surface area (Å²) >= 11 is 0. The zero-order valence-electron chi connectivity index (χ0n) is 14.4. The van der Waals surface area contributed by atoms with E-state index in [-0.39, 0.29) is 5.75 Å². The van der Waals surface area contributed by atoms with Crippen molar-refractivity contribution in [2.24, 2.45) is 0 Å². The minimum Gasteiger partial charge on any atom is -0.504 e. The molecule has 0 saturated heterocycles. The zero-order valence-corrected chi connectivity index (χ0v) is 14.4.